The van der Waals surface area contributed by atoms with Crippen LogP contribution in [0.2, 0.25) is 0 Å². The predicted molar refractivity (Wildman–Crippen MR) is 74.1 cm³/mol. The van der Waals surface area contributed by atoms with E-state index in [2.05, 4.69) is 32.5 Å². The molecule has 1 heterocycles. The lowest BCUT2D eigenvalue weighted by Crippen LogP contribution is -2.34. The molecular formula is C12H22N6. The third-order valence-corrected chi connectivity index (χ3v) is 3.07. The second-order valence-corrected chi connectivity index (χ2v) is 5.13. The van der Waals surface area contributed by atoms with Gasteiger partial charge in [-0.25, -0.2) is 0 Å². The average Bonchev–Trinajstić information content (AvgIpc) is 2.27. The van der Waals surface area contributed by atoms with Gasteiger partial charge in [-0.3, -0.25) is 0 Å². The summed E-state index contributed by atoms with van der Waals surface area (Å²) in [6, 6.07) is 0.506. The number of hydrogen-bond acceptors (Lipinski definition) is 6. The molecule has 0 aliphatic heterocycles. The van der Waals surface area contributed by atoms with E-state index in [-0.39, 0.29) is 0 Å². The van der Waals surface area contributed by atoms with Gasteiger partial charge < -0.3 is 15.5 Å². The normalized spacial score (nSPS) is 22.2. The number of nitrogens with zero attached hydrogens (tertiary/aromatic N) is 4. The summed E-state index contributed by atoms with van der Waals surface area (Å²) in [4.78, 5) is 15.0. The Morgan fingerprint density at radius 1 is 1.17 bits per heavy atom. The Balaban J connectivity index is 2.12. The van der Waals surface area contributed by atoms with Crippen LogP contribution in [0.4, 0.5) is 17.8 Å². The van der Waals surface area contributed by atoms with Crippen LogP contribution in [-0.2, 0) is 0 Å². The highest BCUT2D eigenvalue weighted by molar-refractivity contribution is 5.43. The number of nitrogens with one attached hydrogen (secondary N) is 2. The molecule has 1 aliphatic rings. The van der Waals surface area contributed by atoms with Crippen molar-refractivity contribution in [1.29, 1.82) is 0 Å². The molecule has 6 heteroatoms. The summed E-state index contributed by atoms with van der Waals surface area (Å²) in [6.07, 6.45) is 2.39. The molecule has 1 saturated carbocycles. The Bertz CT molecular complexity index is 400. The second kappa shape index (κ2) is 5.37. The van der Waals surface area contributed by atoms with E-state index in [1.54, 1.807) is 0 Å². The maximum absolute atomic E-state index is 4.41. The third kappa shape index (κ3) is 3.00. The molecule has 0 aromatic carbocycles. The first kappa shape index (κ1) is 12.9. The highest BCUT2D eigenvalue weighted by atomic mass is 15.3. The molecular weight excluding hydrogens is 228 g/mol. The van der Waals surface area contributed by atoms with Crippen LogP contribution in [0.3, 0.4) is 0 Å². The molecule has 0 spiro atoms. The molecule has 2 N–H and O–H groups in total. The fraction of sp³-hybridized carbons (Fsp3) is 0.750. The van der Waals surface area contributed by atoms with Crippen molar-refractivity contribution in [3.05, 3.63) is 0 Å². The van der Waals surface area contributed by atoms with Crippen LogP contribution in [-0.4, -0.2) is 41.6 Å². The van der Waals surface area contributed by atoms with Gasteiger partial charge in [0, 0.05) is 26.7 Å². The molecule has 1 fully saturated rings. The molecule has 1 aliphatic carbocycles. The van der Waals surface area contributed by atoms with Gasteiger partial charge in [0.05, 0.1) is 0 Å². The van der Waals surface area contributed by atoms with E-state index in [0.717, 1.165) is 12.5 Å². The van der Waals surface area contributed by atoms with Crippen LogP contribution < -0.4 is 15.5 Å². The highest BCUT2D eigenvalue weighted by Crippen LogP contribution is 2.28. The molecule has 0 radical (unpaired) electrons. The smallest absolute Gasteiger partial charge is 0.231 e. The van der Waals surface area contributed by atoms with Crippen LogP contribution in [0, 0.1) is 5.92 Å². The summed E-state index contributed by atoms with van der Waals surface area (Å²) in [6.45, 7) is 5.09. The standard InChI is InChI=1S/C12H22N6/c1-5-13-10-15-11(14-9-6-8(2)7-9)17-12(16-10)18(3)4/h8-9H,5-7H2,1-4H3,(H2,13,14,15,16,17). The summed E-state index contributed by atoms with van der Waals surface area (Å²) in [5.41, 5.74) is 0. The fourth-order valence-corrected chi connectivity index (χ4v) is 2.07. The summed E-state index contributed by atoms with van der Waals surface area (Å²) in [7, 11) is 3.86. The minimum Gasteiger partial charge on any atom is -0.354 e. The number of rotatable bonds is 5. The first-order chi connectivity index (χ1) is 8.58. The van der Waals surface area contributed by atoms with Crippen LogP contribution in [0.25, 0.3) is 0 Å². The lowest BCUT2D eigenvalue weighted by molar-refractivity contribution is 0.308. The van der Waals surface area contributed by atoms with Gasteiger partial charge in [0.1, 0.15) is 0 Å². The second-order valence-electron chi connectivity index (χ2n) is 5.13. The van der Waals surface area contributed by atoms with Gasteiger partial charge in [-0.2, -0.15) is 15.0 Å². The van der Waals surface area contributed by atoms with E-state index in [9.17, 15) is 0 Å². The third-order valence-electron chi connectivity index (χ3n) is 3.07. The Kier molecular flexibility index (Phi) is 3.84. The Labute approximate surface area is 108 Å². The van der Waals surface area contributed by atoms with Crippen molar-refractivity contribution >= 4 is 17.8 Å². The summed E-state index contributed by atoms with van der Waals surface area (Å²) >= 11 is 0. The molecule has 0 bridgehead atoms. The zero-order chi connectivity index (χ0) is 13.1. The zero-order valence-electron chi connectivity index (χ0n) is 11.6. The van der Waals surface area contributed by atoms with Gasteiger partial charge in [0.25, 0.3) is 0 Å². The monoisotopic (exact) mass is 250 g/mol. The van der Waals surface area contributed by atoms with E-state index in [4.69, 9.17) is 0 Å². The molecule has 1 aromatic heterocycles. The molecule has 0 amide bonds. The SMILES string of the molecule is CCNc1nc(NC2CC(C)C2)nc(N(C)C)n1. The van der Waals surface area contributed by atoms with Crippen LogP contribution in [0.1, 0.15) is 26.7 Å². The van der Waals surface area contributed by atoms with Crippen molar-refractivity contribution in [2.24, 2.45) is 5.92 Å². The van der Waals surface area contributed by atoms with Crippen molar-refractivity contribution in [3.63, 3.8) is 0 Å². The maximum Gasteiger partial charge on any atom is 0.231 e. The van der Waals surface area contributed by atoms with E-state index in [1.165, 1.54) is 12.8 Å². The van der Waals surface area contributed by atoms with E-state index in [1.807, 2.05) is 25.9 Å². The van der Waals surface area contributed by atoms with Crippen molar-refractivity contribution < 1.29 is 0 Å². The van der Waals surface area contributed by atoms with Crippen LogP contribution in [0.15, 0.2) is 0 Å². The topological polar surface area (TPSA) is 66.0 Å². The molecule has 18 heavy (non-hydrogen) atoms. The van der Waals surface area contributed by atoms with Gasteiger partial charge in [-0.05, 0) is 25.7 Å². The summed E-state index contributed by atoms with van der Waals surface area (Å²) < 4.78 is 0. The Hall–Kier alpha value is -1.59. The van der Waals surface area contributed by atoms with Crippen molar-refractivity contribution in [3.8, 4) is 0 Å². The lowest BCUT2D eigenvalue weighted by Gasteiger charge is -2.33. The minimum atomic E-state index is 0.506. The van der Waals surface area contributed by atoms with Gasteiger partial charge in [-0.1, -0.05) is 6.92 Å². The number of hydrogen-bond donors (Lipinski definition) is 2. The average molecular weight is 250 g/mol. The molecule has 0 unspecified atom stereocenters. The maximum atomic E-state index is 4.41. The van der Waals surface area contributed by atoms with Gasteiger partial charge >= 0.3 is 0 Å². The molecule has 0 saturated heterocycles. The lowest BCUT2D eigenvalue weighted by atomic mass is 9.82. The van der Waals surface area contributed by atoms with Crippen molar-refractivity contribution in [1.82, 2.24) is 15.0 Å². The van der Waals surface area contributed by atoms with E-state index >= 15 is 0 Å². The van der Waals surface area contributed by atoms with Crippen LogP contribution in [0.5, 0.6) is 0 Å². The summed E-state index contributed by atoms with van der Waals surface area (Å²) in [5, 5.41) is 6.51. The molecule has 100 valence electrons. The Morgan fingerprint density at radius 2 is 1.83 bits per heavy atom. The molecule has 2 rings (SSSR count). The largest absolute Gasteiger partial charge is 0.354 e. The van der Waals surface area contributed by atoms with Crippen LogP contribution >= 0.6 is 0 Å². The van der Waals surface area contributed by atoms with E-state index < -0.39 is 0 Å². The molecule has 6 nitrogen and oxygen atoms in total. The molecule has 0 atom stereocenters. The van der Waals surface area contributed by atoms with Gasteiger partial charge in [0.2, 0.25) is 17.8 Å². The first-order valence-corrected chi connectivity index (χ1v) is 6.52. The number of anilines is 3. The fourth-order valence-electron chi connectivity index (χ4n) is 2.07. The van der Waals surface area contributed by atoms with Gasteiger partial charge in [-0.15, -0.1) is 0 Å². The zero-order valence-corrected chi connectivity index (χ0v) is 11.6. The summed E-state index contributed by atoms with van der Waals surface area (Å²) in [5.74, 6) is 2.79. The van der Waals surface area contributed by atoms with E-state index in [0.29, 0.717) is 23.9 Å². The Morgan fingerprint density at radius 3 is 2.39 bits per heavy atom. The quantitative estimate of drug-likeness (QED) is 0.827. The van der Waals surface area contributed by atoms with Crippen molar-refractivity contribution in [2.45, 2.75) is 32.7 Å². The highest BCUT2D eigenvalue weighted by Gasteiger charge is 2.26. The van der Waals surface area contributed by atoms with Gasteiger partial charge in [0.15, 0.2) is 0 Å². The minimum absolute atomic E-state index is 0.506. The van der Waals surface area contributed by atoms with Crippen molar-refractivity contribution in [2.75, 3.05) is 36.2 Å². The first-order valence-electron chi connectivity index (χ1n) is 6.52. The predicted octanol–water partition coefficient (Wildman–Crippen LogP) is 1.58. The molecule has 1 aromatic rings. The number of aromatic nitrogens is 3.